The molecule has 0 bridgehead atoms. The molecule has 0 fully saturated rings. The van der Waals surface area contributed by atoms with E-state index in [9.17, 15) is 105 Å². The van der Waals surface area contributed by atoms with E-state index in [1.807, 2.05) is 0 Å². The van der Waals surface area contributed by atoms with Gasteiger partial charge in [0.1, 0.15) is 6.15 Å². The molecule has 0 amide bonds. The van der Waals surface area contributed by atoms with Crippen LogP contribution in [0.5, 0.6) is 0 Å². The fraction of sp³-hybridized carbons (Fsp3) is 0.333. The van der Waals surface area contributed by atoms with Gasteiger partial charge in [0, 0.05) is 71.5 Å². The van der Waals surface area contributed by atoms with Crippen molar-refractivity contribution in [2.75, 3.05) is 0 Å². The molecule has 0 heterocycles. The molecule has 0 aromatic heterocycles. The summed E-state index contributed by atoms with van der Waals surface area (Å²) < 4.78 is 341. The zero-order valence-electron chi connectivity index (χ0n) is 36.6. The predicted octanol–water partition coefficient (Wildman–Crippen LogP) is 14.3. The van der Waals surface area contributed by atoms with Gasteiger partial charge in [-0.15, -0.1) is 47.4 Å². The summed E-state index contributed by atoms with van der Waals surface area (Å²) >= 11 is 0. The van der Waals surface area contributed by atoms with Gasteiger partial charge in [-0.1, -0.05) is 48.5 Å². The molecule has 2 aliphatic carbocycles. The van der Waals surface area contributed by atoms with Crippen LogP contribution in [0.4, 0.5) is 105 Å². The first-order valence-electron chi connectivity index (χ1n) is 20.4. The summed E-state index contributed by atoms with van der Waals surface area (Å²) in [4.78, 5) is 0. The van der Waals surface area contributed by atoms with Gasteiger partial charge in [0.05, 0.1) is 44.5 Å². The summed E-state index contributed by atoms with van der Waals surface area (Å²) in [7, 11) is 0. The van der Waals surface area contributed by atoms with Gasteiger partial charge in [0.25, 0.3) is 0 Å². The third kappa shape index (κ3) is 16.6. The molecule has 1 radical (unpaired) electrons. The van der Waals surface area contributed by atoms with E-state index in [2.05, 4.69) is 47.4 Å². The fourth-order valence-corrected chi connectivity index (χ4v) is 7.28. The second-order valence-electron chi connectivity index (χ2n) is 15.6. The molecular formula is C48H28BF24Ir-. The second kappa shape index (κ2) is 23.4. The van der Waals surface area contributed by atoms with E-state index in [1.54, 1.807) is 0 Å². The number of benzene rings is 4. The Kier molecular flexibility index (Phi) is 19.7. The fourth-order valence-electron chi connectivity index (χ4n) is 7.28. The van der Waals surface area contributed by atoms with Crippen molar-refractivity contribution in [1.82, 2.24) is 0 Å². The molecule has 4 aromatic carbocycles. The van der Waals surface area contributed by atoms with Crippen LogP contribution in [0.2, 0.25) is 0 Å². The van der Waals surface area contributed by atoms with Crippen LogP contribution in [0.1, 0.15) is 95.9 Å². The molecule has 0 saturated heterocycles. The molecular weight excluding hydrogens is 1240 g/mol. The standard InChI is InChI=1S/C32H12BF24.2C8H8.Ir/c34-25(35,36)13-1-14(26(37,38)39)6-21(5-13)33(22-7-15(27(40,41)42)2-16(8-22)28(43,44)45,23-9-17(29(46,47)48)3-18(10-23)30(49,50)51)24-11-19(31(52,53)54)4-20(12-24)32(55,56)57;2*1-2-4-6-8-7-5-3-1;/h1-12H;2*1-2,7-8H2;/q-1;;;. The van der Waals surface area contributed by atoms with Crippen molar-refractivity contribution in [2.24, 2.45) is 0 Å². The molecule has 2 aliphatic rings. The zero-order chi connectivity index (χ0) is 55.2. The Morgan fingerprint density at radius 2 is 0.324 bits per heavy atom. The third-order valence-electron chi connectivity index (χ3n) is 10.4. The molecule has 0 nitrogen and oxygen atoms in total. The van der Waals surface area contributed by atoms with Crippen LogP contribution in [0, 0.1) is 47.4 Å². The number of alkyl halides is 24. The van der Waals surface area contributed by atoms with Crippen molar-refractivity contribution in [3.63, 3.8) is 0 Å². The molecule has 0 N–H and O–H groups in total. The number of hydrogen-bond acceptors (Lipinski definition) is 0. The van der Waals surface area contributed by atoms with Crippen LogP contribution < -0.4 is 21.9 Å². The Bertz CT molecular complexity index is 2320. The average molecular weight is 1260 g/mol. The average Bonchev–Trinajstić information content (AvgIpc) is 3.21. The van der Waals surface area contributed by atoms with E-state index >= 15 is 0 Å². The first kappa shape index (κ1) is 62.4. The van der Waals surface area contributed by atoms with Crippen LogP contribution in [0.25, 0.3) is 0 Å². The van der Waals surface area contributed by atoms with Gasteiger partial charge in [-0.05, 0) is 24.3 Å². The van der Waals surface area contributed by atoms with Gasteiger partial charge < -0.3 is 0 Å². The van der Waals surface area contributed by atoms with E-state index < -0.39 is 195 Å². The van der Waals surface area contributed by atoms with Gasteiger partial charge in [-0.25, -0.2) is 0 Å². The van der Waals surface area contributed by atoms with Crippen molar-refractivity contribution in [2.45, 2.75) is 101 Å². The van der Waals surface area contributed by atoms with E-state index in [0.717, 1.165) is 51.4 Å². The molecule has 0 spiro atoms. The van der Waals surface area contributed by atoms with Crippen molar-refractivity contribution in [1.29, 1.82) is 0 Å². The minimum Gasteiger partial charge on any atom is -0.194 e. The van der Waals surface area contributed by atoms with E-state index in [1.165, 1.54) is 0 Å². The normalized spacial score (nSPS) is 14.5. The summed E-state index contributed by atoms with van der Waals surface area (Å²) in [6.45, 7) is 0. The smallest absolute Gasteiger partial charge is 0.194 e. The topological polar surface area (TPSA) is 0 Å². The second-order valence-corrected chi connectivity index (χ2v) is 15.6. The maximum absolute atomic E-state index is 14.2. The molecule has 0 atom stereocenters. The van der Waals surface area contributed by atoms with Gasteiger partial charge >= 0.3 is 49.4 Å². The van der Waals surface area contributed by atoms with Crippen molar-refractivity contribution in [3.8, 4) is 47.4 Å². The molecule has 0 aliphatic heterocycles. The molecule has 0 saturated carbocycles. The maximum Gasteiger partial charge on any atom is 0.416 e. The van der Waals surface area contributed by atoms with Gasteiger partial charge in [-0.3, -0.25) is 0 Å². The maximum atomic E-state index is 14.2. The monoisotopic (exact) mass is 1260 g/mol. The zero-order valence-corrected chi connectivity index (χ0v) is 39.0. The SMILES string of the molecule is C1#CCCC#CCC1.C1#CCCC#CCC1.FC(F)(F)c1cc([B-](c2cc(C(F)(F)F)cc(C(F)(F)F)c2)(c2cc(C(F)(F)F)cc(C(F)(F)F)c2)c2cc(C(F)(F)F)cc(C(F)(F)F)c2)cc(C(F)(F)F)c1.[Ir]. The summed E-state index contributed by atoms with van der Waals surface area (Å²) in [5.41, 5.74) is -30.2. The summed E-state index contributed by atoms with van der Waals surface area (Å²) in [5, 5.41) is 0. The van der Waals surface area contributed by atoms with Gasteiger partial charge in [0.2, 0.25) is 0 Å². The van der Waals surface area contributed by atoms with Crippen molar-refractivity contribution in [3.05, 3.63) is 117 Å². The Morgan fingerprint density at radius 3 is 0.419 bits per heavy atom. The molecule has 26 heteroatoms. The minimum atomic E-state index is -6.13. The molecule has 401 valence electrons. The first-order chi connectivity index (χ1) is 33.3. The molecule has 6 rings (SSSR count). The van der Waals surface area contributed by atoms with Crippen LogP contribution >= 0.6 is 0 Å². The van der Waals surface area contributed by atoms with Crippen LogP contribution in [0.3, 0.4) is 0 Å². The predicted molar refractivity (Wildman–Crippen MR) is 218 cm³/mol. The number of hydrogen-bond donors (Lipinski definition) is 0. The first-order valence-corrected chi connectivity index (χ1v) is 20.4. The van der Waals surface area contributed by atoms with Crippen LogP contribution in [-0.4, -0.2) is 6.15 Å². The summed E-state index contributed by atoms with van der Waals surface area (Å²) in [5.74, 6) is 24.3. The summed E-state index contributed by atoms with van der Waals surface area (Å²) in [6.07, 6.45) is -47.1. The number of rotatable bonds is 4. The molecule has 0 unspecified atom stereocenters. The Hall–Kier alpha value is -5.85. The summed E-state index contributed by atoms with van der Waals surface area (Å²) in [6, 6.07) is -8.81. The largest absolute Gasteiger partial charge is 0.416 e. The third-order valence-corrected chi connectivity index (χ3v) is 10.4. The van der Waals surface area contributed by atoms with Gasteiger partial charge in [0.15, 0.2) is 0 Å². The quantitative estimate of drug-likeness (QED) is 0.109. The van der Waals surface area contributed by atoms with Crippen molar-refractivity contribution >= 4 is 28.0 Å². The Labute approximate surface area is 417 Å². The molecule has 74 heavy (non-hydrogen) atoms. The van der Waals surface area contributed by atoms with Crippen LogP contribution in [-0.2, 0) is 69.5 Å². The van der Waals surface area contributed by atoms with Crippen LogP contribution in [0.15, 0.2) is 72.8 Å². The van der Waals surface area contributed by atoms with Crippen molar-refractivity contribution < 1.29 is 125 Å². The minimum absolute atomic E-state index is 0. The van der Waals surface area contributed by atoms with Gasteiger partial charge in [-0.2, -0.15) is 127 Å². The van der Waals surface area contributed by atoms with E-state index in [4.69, 9.17) is 0 Å². The molecule has 4 aromatic rings. The number of halogens is 24. The Balaban J connectivity index is 0.000000717. The van der Waals surface area contributed by atoms with E-state index in [-0.39, 0.29) is 20.1 Å². The Morgan fingerprint density at radius 1 is 0.216 bits per heavy atom. The van der Waals surface area contributed by atoms with E-state index in [0.29, 0.717) is 0 Å².